The van der Waals surface area contributed by atoms with Gasteiger partial charge in [0, 0.05) is 11.7 Å². The summed E-state index contributed by atoms with van der Waals surface area (Å²) in [5, 5.41) is 8.40. The number of aliphatic hydroxyl groups excluding tert-OH is 1. The van der Waals surface area contributed by atoms with Crippen LogP contribution in [0, 0.1) is 6.07 Å². The molecular weight excluding hydrogens is 388 g/mol. The minimum atomic E-state index is 0.125. The van der Waals surface area contributed by atoms with Crippen molar-refractivity contribution in [2.75, 3.05) is 14.1 Å². The number of hydrogen-bond acceptors (Lipinski definition) is 3. The summed E-state index contributed by atoms with van der Waals surface area (Å²) in [6.45, 7) is 5.15. The number of nitrogens with zero attached hydrogens (tertiary/aromatic N) is 2. The van der Waals surface area contributed by atoms with Gasteiger partial charge < -0.3 is 10.0 Å². The van der Waals surface area contributed by atoms with E-state index in [0.29, 0.717) is 6.04 Å². The maximum atomic E-state index is 8.40. The third-order valence-corrected chi connectivity index (χ3v) is 3.38. The predicted molar refractivity (Wildman–Crippen MR) is 105 cm³/mol. The van der Waals surface area contributed by atoms with Gasteiger partial charge in [0.05, 0.1) is 18.8 Å². The van der Waals surface area contributed by atoms with Gasteiger partial charge in [0.15, 0.2) is 0 Å². The second kappa shape index (κ2) is 13.6. The summed E-state index contributed by atoms with van der Waals surface area (Å²) in [6, 6.07) is 17.6. The fourth-order valence-electron chi connectivity index (χ4n) is 1.95. The molecule has 0 radical (unpaired) electrons. The van der Waals surface area contributed by atoms with E-state index in [9.17, 15) is 0 Å². The van der Waals surface area contributed by atoms with E-state index in [1.165, 1.54) is 19.9 Å². The van der Waals surface area contributed by atoms with Gasteiger partial charge in [0.2, 0.25) is 0 Å². The molecule has 0 spiro atoms. The molecule has 0 saturated carbocycles. The van der Waals surface area contributed by atoms with Crippen molar-refractivity contribution in [3.05, 3.63) is 66.1 Å². The zero-order chi connectivity index (χ0) is 20.1. The van der Waals surface area contributed by atoms with Crippen molar-refractivity contribution < 1.29 is 25.3 Å². The molecule has 1 unspecified atom stereocenters. The standard InChI is InChI=1S/C15H17N2.C5H8O2.ClH.Cr/c1-12(17(2)3)14-10-7-11-15(16-14)13-8-5-4-6-9-13;1-4(6)3-5(2)7;;/h4-8,10-12H,1-3H3;3,6H,1-2H3;1H;/q-1;;;+3/b;4-3-;;. The zero-order valence-corrected chi connectivity index (χ0v) is 17.8. The van der Waals surface area contributed by atoms with Crippen molar-refractivity contribution in [1.29, 1.82) is 0 Å². The fourth-order valence-corrected chi connectivity index (χ4v) is 1.95. The van der Waals surface area contributed by atoms with E-state index in [1.54, 1.807) is 0 Å². The van der Waals surface area contributed by atoms with E-state index in [1.807, 2.05) is 30.3 Å². The normalized spacial score (nSPS) is 11.5. The Labute approximate surface area is 169 Å². The van der Waals surface area contributed by atoms with Crippen molar-refractivity contribution in [3.8, 4) is 11.3 Å². The van der Waals surface area contributed by atoms with Crippen LogP contribution in [0.25, 0.3) is 11.3 Å². The number of carbonyl (C=O) groups excluding carboxylic acids is 1. The number of hydrogen-bond donors (Lipinski definition) is 1. The molecule has 1 heterocycles. The number of aromatic nitrogens is 1. The van der Waals surface area contributed by atoms with Crippen LogP contribution in [0.3, 0.4) is 0 Å². The molecule has 0 fully saturated rings. The Morgan fingerprint density at radius 2 is 1.88 bits per heavy atom. The van der Waals surface area contributed by atoms with E-state index >= 15 is 0 Å². The average Bonchev–Trinajstić information content (AvgIpc) is 2.63. The van der Waals surface area contributed by atoms with E-state index in [2.05, 4.69) is 69.5 Å². The van der Waals surface area contributed by atoms with Crippen LogP contribution in [0.5, 0.6) is 0 Å². The molecule has 2 aromatic rings. The molecule has 4 nitrogen and oxygen atoms in total. The predicted octanol–water partition coefficient (Wildman–Crippen LogP) is 4.87. The molecule has 0 aliphatic rings. The van der Waals surface area contributed by atoms with Gasteiger partial charge in [-0.15, -0.1) is 35.9 Å². The number of pyridine rings is 1. The van der Waals surface area contributed by atoms with Gasteiger partial charge in [0.25, 0.3) is 0 Å². The van der Waals surface area contributed by atoms with Crippen molar-refractivity contribution in [1.82, 2.24) is 9.88 Å². The topological polar surface area (TPSA) is 57.8 Å². The number of benzene rings is 1. The summed E-state index contributed by atoms with van der Waals surface area (Å²) < 4.78 is 0. The van der Waals surface area contributed by atoms with Crippen LogP contribution >= 0.6 is 10.0 Å². The third kappa shape index (κ3) is 9.74. The number of rotatable bonds is 4. The van der Waals surface area contributed by atoms with Crippen molar-refractivity contribution in [2.45, 2.75) is 26.8 Å². The van der Waals surface area contributed by atoms with Crippen LogP contribution in [0.1, 0.15) is 32.5 Å². The minimum absolute atomic E-state index is 0.125. The Bertz CT molecular complexity index is 687. The van der Waals surface area contributed by atoms with Crippen LogP contribution in [-0.4, -0.2) is 39.7 Å². The van der Waals surface area contributed by atoms with Gasteiger partial charge in [-0.05, 0) is 39.7 Å². The van der Waals surface area contributed by atoms with Gasteiger partial charge in [-0.2, -0.15) is 0 Å². The van der Waals surface area contributed by atoms with Crippen molar-refractivity contribution in [2.24, 2.45) is 0 Å². The average molecular weight is 414 g/mol. The Morgan fingerprint density at radius 1 is 1.23 bits per heavy atom. The number of halogens is 1. The van der Waals surface area contributed by atoms with E-state index in [0.717, 1.165) is 17.0 Å². The van der Waals surface area contributed by atoms with Crippen LogP contribution in [0.15, 0.2) is 54.3 Å². The first-order chi connectivity index (χ1) is 12.3. The molecule has 1 atom stereocenters. The molecule has 0 aliphatic carbocycles. The Kier molecular flexibility index (Phi) is 12.7. The molecule has 0 aliphatic heterocycles. The van der Waals surface area contributed by atoms with Gasteiger partial charge in [-0.1, -0.05) is 12.1 Å². The molecular formula is C20H26ClCrN2O2+2. The summed E-state index contributed by atoms with van der Waals surface area (Å²) >= 11 is 2.10. The van der Waals surface area contributed by atoms with E-state index < -0.39 is 0 Å². The molecule has 6 heteroatoms. The van der Waals surface area contributed by atoms with E-state index in [-0.39, 0.29) is 11.5 Å². The summed E-state index contributed by atoms with van der Waals surface area (Å²) in [7, 11) is 8.64. The first-order valence-electron chi connectivity index (χ1n) is 7.97. The quantitative estimate of drug-likeness (QED) is 0.336. The fraction of sp³-hybridized carbons (Fsp3) is 0.300. The van der Waals surface area contributed by atoms with Crippen molar-refractivity contribution in [3.63, 3.8) is 0 Å². The molecule has 26 heavy (non-hydrogen) atoms. The number of allylic oxidation sites excluding steroid dienone is 2. The van der Waals surface area contributed by atoms with Crippen LogP contribution in [-0.2, 0) is 15.4 Å². The third-order valence-electron chi connectivity index (χ3n) is 3.38. The summed E-state index contributed by atoms with van der Waals surface area (Å²) in [4.78, 5) is 15.2. The van der Waals surface area contributed by atoms with Gasteiger partial charge in [0.1, 0.15) is 0 Å². The number of aliphatic hydroxyl groups is 1. The SMILES string of the molecule is CC(=[OH+])/C=C(/C)O.CC(c1cccc(-c2[c-]cccc2)n1)N(C)C.[Cl][Cr+2]. The molecule has 0 bridgehead atoms. The van der Waals surface area contributed by atoms with Gasteiger partial charge in [-0.3, -0.25) is 9.78 Å². The zero-order valence-electron chi connectivity index (χ0n) is 15.8. The Balaban J connectivity index is 0.000000589. The molecule has 2 rings (SSSR count). The van der Waals surface area contributed by atoms with Crippen LogP contribution in [0.2, 0.25) is 0 Å². The summed E-state index contributed by atoms with van der Waals surface area (Å²) in [5.41, 5.74) is 3.11. The second-order valence-corrected chi connectivity index (χ2v) is 5.79. The molecule has 1 aromatic carbocycles. The Morgan fingerprint density at radius 3 is 2.31 bits per heavy atom. The maximum absolute atomic E-state index is 8.40. The van der Waals surface area contributed by atoms with Crippen LogP contribution in [0.4, 0.5) is 0 Å². The second-order valence-electron chi connectivity index (χ2n) is 5.79. The Hall–Kier alpha value is -1.64. The van der Waals surface area contributed by atoms with Crippen molar-refractivity contribution >= 4 is 15.8 Å². The van der Waals surface area contributed by atoms with Gasteiger partial charge >= 0.3 is 31.2 Å². The van der Waals surface area contributed by atoms with E-state index in [4.69, 9.17) is 14.9 Å². The number of ketones is 1. The molecule has 0 amide bonds. The first-order valence-corrected chi connectivity index (χ1v) is 9.72. The first kappa shape index (κ1) is 24.4. The van der Waals surface area contributed by atoms with Gasteiger partial charge in [-0.25, -0.2) is 0 Å². The molecule has 139 valence electrons. The monoisotopic (exact) mass is 413 g/mol. The summed E-state index contributed by atoms with van der Waals surface area (Å²) in [6.07, 6.45) is 1.28. The molecule has 0 saturated heterocycles. The summed E-state index contributed by atoms with van der Waals surface area (Å²) in [5.74, 6) is 0.250. The van der Waals surface area contributed by atoms with Crippen LogP contribution < -0.4 is 0 Å². The molecule has 1 aromatic heterocycles. The molecule has 2 N–H and O–H groups in total.